The summed E-state index contributed by atoms with van der Waals surface area (Å²) in [7, 11) is 0. The molecule has 2 aromatic rings. The lowest BCUT2D eigenvalue weighted by Crippen LogP contribution is -2.59. The van der Waals surface area contributed by atoms with E-state index >= 15 is 0 Å². The SMILES string of the molecule is CC(F)(F)C1(c2c(C#N)c(F)c3cnc(N)nn23)COC1.OC1CCCOC1. The van der Waals surface area contributed by atoms with Gasteiger partial charge in [0.2, 0.25) is 5.95 Å². The third-order valence-electron chi connectivity index (χ3n) is 4.88. The smallest absolute Gasteiger partial charge is 0.260 e. The first-order chi connectivity index (χ1) is 13.2. The number of rotatable bonds is 2. The van der Waals surface area contributed by atoms with Crippen LogP contribution in [0.25, 0.3) is 5.52 Å². The number of aliphatic hydroxyl groups excluding tert-OH is 1. The lowest BCUT2D eigenvalue weighted by Gasteiger charge is -2.44. The van der Waals surface area contributed by atoms with Gasteiger partial charge in [-0.1, -0.05) is 0 Å². The Morgan fingerprint density at radius 3 is 2.57 bits per heavy atom. The van der Waals surface area contributed by atoms with Gasteiger partial charge in [-0.05, 0) is 12.8 Å². The average Bonchev–Trinajstić information content (AvgIpc) is 2.86. The monoisotopic (exact) mass is 399 g/mol. The Morgan fingerprint density at radius 2 is 2.14 bits per heavy atom. The fourth-order valence-corrected chi connectivity index (χ4v) is 3.19. The van der Waals surface area contributed by atoms with Gasteiger partial charge in [-0.25, -0.2) is 22.7 Å². The largest absolute Gasteiger partial charge is 0.391 e. The first kappa shape index (κ1) is 20.3. The lowest BCUT2D eigenvalue weighted by molar-refractivity contribution is -0.188. The average molecular weight is 399 g/mol. The highest BCUT2D eigenvalue weighted by atomic mass is 19.3. The highest BCUT2D eigenvalue weighted by Crippen LogP contribution is 2.47. The molecule has 0 spiro atoms. The van der Waals surface area contributed by atoms with Crippen molar-refractivity contribution in [1.29, 1.82) is 5.26 Å². The van der Waals surface area contributed by atoms with Crippen LogP contribution in [0.2, 0.25) is 0 Å². The summed E-state index contributed by atoms with van der Waals surface area (Å²) in [6.45, 7) is 1.41. The van der Waals surface area contributed by atoms with Gasteiger partial charge in [0.1, 0.15) is 22.6 Å². The first-order valence-corrected chi connectivity index (χ1v) is 8.66. The second-order valence-corrected chi connectivity index (χ2v) is 6.90. The second kappa shape index (κ2) is 7.54. The van der Waals surface area contributed by atoms with Gasteiger partial charge >= 0.3 is 0 Å². The van der Waals surface area contributed by atoms with Crippen LogP contribution in [0.15, 0.2) is 6.20 Å². The number of halogens is 3. The molecule has 4 heterocycles. The Bertz CT molecular complexity index is 896. The molecule has 1 atom stereocenters. The zero-order valence-corrected chi connectivity index (χ0v) is 15.2. The third-order valence-corrected chi connectivity index (χ3v) is 4.88. The Balaban J connectivity index is 0.000000271. The summed E-state index contributed by atoms with van der Waals surface area (Å²) in [6.07, 6.45) is 2.80. The summed E-state index contributed by atoms with van der Waals surface area (Å²) >= 11 is 0. The number of nitrogen functional groups attached to an aromatic ring is 1. The van der Waals surface area contributed by atoms with Crippen LogP contribution in [-0.2, 0) is 14.9 Å². The van der Waals surface area contributed by atoms with Crippen molar-refractivity contribution in [3.63, 3.8) is 0 Å². The van der Waals surface area contributed by atoms with Crippen molar-refractivity contribution in [1.82, 2.24) is 14.6 Å². The number of hydrogen-bond acceptors (Lipinski definition) is 7. The molecule has 28 heavy (non-hydrogen) atoms. The van der Waals surface area contributed by atoms with E-state index < -0.39 is 22.7 Å². The van der Waals surface area contributed by atoms with E-state index in [0.29, 0.717) is 13.5 Å². The molecule has 0 aliphatic carbocycles. The lowest BCUT2D eigenvalue weighted by atomic mass is 9.75. The normalized spacial score (nSPS) is 21.4. The van der Waals surface area contributed by atoms with Gasteiger partial charge in [-0.3, -0.25) is 0 Å². The van der Waals surface area contributed by atoms with Crippen molar-refractivity contribution in [2.75, 3.05) is 32.2 Å². The molecule has 8 nitrogen and oxygen atoms in total. The summed E-state index contributed by atoms with van der Waals surface area (Å²) in [5, 5.41) is 21.7. The van der Waals surface area contributed by atoms with Crippen LogP contribution in [0.5, 0.6) is 0 Å². The van der Waals surface area contributed by atoms with Gasteiger partial charge in [0.25, 0.3) is 5.92 Å². The van der Waals surface area contributed by atoms with E-state index in [1.54, 1.807) is 6.07 Å². The number of aromatic nitrogens is 3. The molecule has 2 saturated heterocycles. The summed E-state index contributed by atoms with van der Waals surface area (Å²) in [6, 6.07) is 1.63. The third kappa shape index (κ3) is 3.39. The fourth-order valence-electron chi connectivity index (χ4n) is 3.19. The molecule has 2 aliphatic heterocycles. The first-order valence-electron chi connectivity index (χ1n) is 8.66. The summed E-state index contributed by atoms with van der Waals surface area (Å²) in [5.74, 6) is -4.38. The maximum Gasteiger partial charge on any atom is 0.260 e. The van der Waals surface area contributed by atoms with Crippen LogP contribution >= 0.6 is 0 Å². The van der Waals surface area contributed by atoms with Gasteiger partial charge in [0.15, 0.2) is 5.82 Å². The van der Waals surface area contributed by atoms with Crippen LogP contribution in [0.4, 0.5) is 19.1 Å². The molecule has 0 bridgehead atoms. The molecule has 11 heteroatoms. The van der Waals surface area contributed by atoms with Gasteiger partial charge in [-0.15, -0.1) is 5.10 Å². The van der Waals surface area contributed by atoms with Crippen molar-refractivity contribution in [2.24, 2.45) is 0 Å². The van der Waals surface area contributed by atoms with Crippen molar-refractivity contribution in [3.8, 4) is 6.07 Å². The summed E-state index contributed by atoms with van der Waals surface area (Å²) < 4.78 is 53.1. The number of hydrogen-bond donors (Lipinski definition) is 2. The number of fused-ring (bicyclic) bond motifs is 1. The van der Waals surface area contributed by atoms with Crippen LogP contribution in [0, 0.1) is 17.1 Å². The minimum atomic E-state index is -3.22. The topological polar surface area (TPSA) is 119 Å². The summed E-state index contributed by atoms with van der Waals surface area (Å²) in [5.41, 5.74) is 2.73. The maximum absolute atomic E-state index is 14.3. The molecule has 152 valence electrons. The molecular formula is C17H20F3N5O3. The number of anilines is 1. The van der Waals surface area contributed by atoms with Crippen LogP contribution in [0.3, 0.4) is 0 Å². The molecule has 4 rings (SSSR count). The molecule has 0 amide bonds. The predicted molar refractivity (Wildman–Crippen MR) is 91.3 cm³/mol. The van der Waals surface area contributed by atoms with E-state index in [0.717, 1.165) is 30.2 Å². The molecule has 0 radical (unpaired) electrons. The van der Waals surface area contributed by atoms with Crippen LogP contribution in [-0.4, -0.2) is 58.2 Å². The number of alkyl halides is 2. The number of aliphatic hydroxyl groups is 1. The second-order valence-electron chi connectivity index (χ2n) is 6.90. The highest BCUT2D eigenvalue weighted by Gasteiger charge is 2.60. The molecule has 2 fully saturated rings. The Hall–Kier alpha value is -2.42. The van der Waals surface area contributed by atoms with Gasteiger partial charge in [-0.2, -0.15) is 5.26 Å². The van der Waals surface area contributed by atoms with E-state index in [9.17, 15) is 13.2 Å². The quantitative estimate of drug-likeness (QED) is 0.784. The number of nitrogens with two attached hydrogens (primary N) is 1. The molecule has 0 aromatic carbocycles. The van der Waals surface area contributed by atoms with E-state index in [2.05, 4.69) is 10.1 Å². The Morgan fingerprint density at radius 1 is 1.43 bits per heavy atom. The van der Waals surface area contributed by atoms with Crippen molar-refractivity contribution in [2.45, 2.75) is 37.2 Å². The Kier molecular flexibility index (Phi) is 5.47. The minimum absolute atomic E-state index is 0.175. The number of nitrogens with zero attached hydrogens (tertiary/aromatic N) is 4. The Labute approximate surface area is 158 Å². The van der Waals surface area contributed by atoms with Crippen molar-refractivity contribution < 1.29 is 27.8 Å². The van der Waals surface area contributed by atoms with E-state index in [-0.39, 0.29) is 36.5 Å². The van der Waals surface area contributed by atoms with E-state index in [4.69, 9.17) is 25.6 Å². The number of ether oxygens (including phenoxy) is 2. The van der Waals surface area contributed by atoms with Crippen molar-refractivity contribution >= 4 is 11.5 Å². The van der Waals surface area contributed by atoms with E-state index in [1.807, 2.05) is 0 Å². The highest BCUT2D eigenvalue weighted by molar-refractivity contribution is 5.60. The molecule has 0 saturated carbocycles. The van der Waals surface area contributed by atoms with Gasteiger partial charge < -0.3 is 20.3 Å². The van der Waals surface area contributed by atoms with Crippen LogP contribution in [0.1, 0.15) is 31.0 Å². The van der Waals surface area contributed by atoms with Gasteiger partial charge in [0.05, 0.1) is 37.8 Å². The maximum atomic E-state index is 14.3. The zero-order chi connectivity index (χ0) is 20.5. The van der Waals surface area contributed by atoms with Crippen LogP contribution < -0.4 is 5.73 Å². The standard InChI is InChI=1S/C12H10F3N5O.C5H10O2/c1-11(14,15)12(4-21-5-12)9-6(2-16)8(13)7-3-18-10(17)19-20(7)9;6-5-2-1-3-7-4-5/h3H,4-5H2,1H3,(H2,17,19);5-6H,1-4H2. The molecule has 2 aromatic heterocycles. The minimum Gasteiger partial charge on any atom is -0.391 e. The van der Waals surface area contributed by atoms with Gasteiger partial charge in [0, 0.05) is 13.5 Å². The van der Waals surface area contributed by atoms with E-state index in [1.165, 1.54) is 0 Å². The molecule has 3 N–H and O–H groups in total. The number of nitriles is 1. The molecule has 1 unspecified atom stereocenters. The molecule has 2 aliphatic rings. The molecular weight excluding hydrogens is 379 g/mol. The zero-order valence-electron chi connectivity index (χ0n) is 15.2. The fraction of sp³-hybridized carbons (Fsp3) is 0.588. The summed E-state index contributed by atoms with van der Waals surface area (Å²) in [4.78, 5) is 3.62. The van der Waals surface area contributed by atoms with Crippen molar-refractivity contribution in [3.05, 3.63) is 23.3 Å². The predicted octanol–water partition coefficient (Wildman–Crippen LogP) is 1.40.